The number of fused-ring (bicyclic) bond motifs is 2. The Morgan fingerprint density at radius 3 is 2.76 bits per heavy atom. The summed E-state index contributed by atoms with van der Waals surface area (Å²) in [5.41, 5.74) is 3.82. The average molecular weight is 407 g/mol. The molecule has 0 spiro atoms. The lowest BCUT2D eigenvalue weighted by atomic mass is 9.95. The molecule has 148 valence electrons. The van der Waals surface area contributed by atoms with E-state index in [9.17, 15) is 5.11 Å². The van der Waals surface area contributed by atoms with Crippen molar-refractivity contribution in [2.45, 2.75) is 25.9 Å². The molecule has 0 bridgehead atoms. The zero-order valence-corrected chi connectivity index (χ0v) is 17.2. The van der Waals surface area contributed by atoms with E-state index in [2.05, 4.69) is 45.3 Å². The minimum absolute atomic E-state index is 0.104. The van der Waals surface area contributed by atoms with Gasteiger partial charge in [-0.15, -0.1) is 5.10 Å². The molecule has 0 amide bonds. The molecule has 0 saturated carbocycles. The van der Waals surface area contributed by atoms with Crippen molar-refractivity contribution < 1.29 is 9.84 Å². The largest absolute Gasteiger partial charge is 0.497 e. The second-order valence-electron chi connectivity index (χ2n) is 7.31. The summed E-state index contributed by atoms with van der Waals surface area (Å²) in [7, 11) is 1.68. The van der Waals surface area contributed by atoms with Crippen molar-refractivity contribution >= 4 is 16.3 Å². The van der Waals surface area contributed by atoms with Gasteiger partial charge in [0.1, 0.15) is 11.6 Å². The first-order chi connectivity index (χ1) is 14.1. The van der Waals surface area contributed by atoms with Crippen molar-refractivity contribution in [3.05, 3.63) is 75.9 Å². The zero-order chi connectivity index (χ0) is 20.0. The molecule has 4 aromatic rings. The van der Waals surface area contributed by atoms with E-state index in [0.29, 0.717) is 10.8 Å². The smallest absolute Gasteiger partial charge is 0.230 e. The summed E-state index contributed by atoms with van der Waals surface area (Å²) in [6.45, 7) is 3.56. The minimum atomic E-state index is -0.104. The number of hydrogen-bond acceptors (Lipinski definition) is 6. The van der Waals surface area contributed by atoms with E-state index in [4.69, 9.17) is 4.74 Å². The molecule has 29 heavy (non-hydrogen) atoms. The van der Waals surface area contributed by atoms with Crippen molar-refractivity contribution in [3.8, 4) is 11.6 Å². The van der Waals surface area contributed by atoms with Gasteiger partial charge < -0.3 is 9.84 Å². The highest BCUT2D eigenvalue weighted by atomic mass is 32.1. The molecule has 3 heterocycles. The van der Waals surface area contributed by atoms with Crippen LogP contribution in [-0.4, -0.2) is 38.3 Å². The number of nitrogens with zero attached hydrogens (tertiary/aromatic N) is 4. The van der Waals surface area contributed by atoms with Crippen LogP contribution in [0.2, 0.25) is 0 Å². The molecule has 1 aliphatic rings. The lowest BCUT2D eigenvalue weighted by molar-refractivity contribution is 0.205. The van der Waals surface area contributed by atoms with Gasteiger partial charge in [0, 0.05) is 13.1 Å². The number of rotatable bonds is 4. The Bertz CT molecular complexity index is 1180. The van der Waals surface area contributed by atoms with Gasteiger partial charge in [0.15, 0.2) is 0 Å². The van der Waals surface area contributed by atoms with Crippen LogP contribution in [0.3, 0.4) is 0 Å². The molecule has 5 rings (SSSR count). The van der Waals surface area contributed by atoms with Gasteiger partial charge in [0.25, 0.3) is 0 Å². The summed E-state index contributed by atoms with van der Waals surface area (Å²) < 4.78 is 7.01. The third-order valence-electron chi connectivity index (χ3n) is 5.49. The van der Waals surface area contributed by atoms with E-state index in [0.717, 1.165) is 35.7 Å². The van der Waals surface area contributed by atoms with Gasteiger partial charge in [-0.05, 0) is 42.2 Å². The Morgan fingerprint density at radius 2 is 1.97 bits per heavy atom. The van der Waals surface area contributed by atoms with Gasteiger partial charge in [-0.2, -0.15) is 4.52 Å². The first kappa shape index (κ1) is 18.1. The molecule has 2 aromatic heterocycles. The number of benzene rings is 2. The Kier molecular flexibility index (Phi) is 4.49. The van der Waals surface area contributed by atoms with E-state index in [1.165, 1.54) is 22.5 Å². The Hall–Kier alpha value is -2.90. The number of aromatic nitrogens is 3. The highest BCUT2D eigenvalue weighted by Gasteiger charge is 2.31. The molecular formula is C22H22N4O2S. The zero-order valence-electron chi connectivity index (χ0n) is 16.4. The van der Waals surface area contributed by atoms with E-state index < -0.39 is 0 Å². The monoisotopic (exact) mass is 406 g/mol. The van der Waals surface area contributed by atoms with E-state index in [1.807, 2.05) is 25.1 Å². The molecule has 6 nitrogen and oxygen atoms in total. The first-order valence-electron chi connectivity index (χ1n) is 9.64. The number of thiazole rings is 1. The van der Waals surface area contributed by atoms with Crippen LogP contribution in [-0.2, 0) is 13.0 Å². The van der Waals surface area contributed by atoms with Gasteiger partial charge in [-0.25, -0.2) is 4.98 Å². The molecule has 7 heteroatoms. The lowest BCUT2D eigenvalue weighted by Gasteiger charge is -2.35. The van der Waals surface area contributed by atoms with Crippen molar-refractivity contribution in [2.24, 2.45) is 0 Å². The third-order valence-corrected chi connectivity index (χ3v) is 6.56. The molecule has 1 atom stereocenters. The fraction of sp³-hybridized carbons (Fsp3) is 0.273. The normalized spacial score (nSPS) is 15.4. The SMILES string of the molecule is COc1cccc([C@@H](c2sc3nc(C)nn3c2O)N2CCc3ccccc3C2)c1. The van der Waals surface area contributed by atoms with Crippen LogP contribution in [0.1, 0.15) is 33.4 Å². The van der Waals surface area contributed by atoms with Crippen molar-refractivity contribution in [2.75, 3.05) is 13.7 Å². The molecule has 0 aliphatic carbocycles. The summed E-state index contributed by atoms with van der Waals surface area (Å²) in [5, 5.41) is 15.3. The molecule has 0 fully saturated rings. The molecule has 0 unspecified atom stereocenters. The van der Waals surface area contributed by atoms with E-state index in [-0.39, 0.29) is 11.9 Å². The summed E-state index contributed by atoms with van der Waals surface area (Å²) in [6, 6.07) is 16.6. The lowest BCUT2D eigenvalue weighted by Crippen LogP contribution is -2.34. The number of hydrogen-bond donors (Lipinski definition) is 1. The van der Waals surface area contributed by atoms with Crippen LogP contribution in [0.15, 0.2) is 48.5 Å². The maximum atomic E-state index is 11.0. The average Bonchev–Trinajstić information content (AvgIpc) is 3.25. The van der Waals surface area contributed by atoms with Gasteiger partial charge >= 0.3 is 0 Å². The van der Waals surface area contributed by atoms with Crippen molar-refractivity contribution in [1.29, 1.82) is 0 Å². The summed E-state index contributed by atoms with van der Waals surface area (Å²) in [4.78, 5) is 8.43. The fourth-order valence-corrected chi connectivity index (χ4v) is 5.27. The van der Waals surface area contributed by atoms with Crippen LogP contribution in [0.25, 0.3) is 4.96 Å². The topological polar surface area (TPSA) is 62.9 Å². The summed E-state index contributed by atoms with van der Waals surface area (Å²) in [5.74, 6) is 1.62. The van der Waals surface area contributed by atoms with Crippen molar-refractivity contribution in [1.82, 2.24) is 19.5 Å². The predicted molar refractivity (Wildman–Crippen MR) is 113 cm³/mol. The number of methoxy groups -OCH3 is 1. The Balaban J connectivity index is 1.63. The second kappa shape index (κ2) is 7.17. The highest BCUT2D eigenvalue weighted by molar-refractivity contribution is 7.17. The van der Waals surface area contributed by atoms with Gasteiger partial charge in [0.05, 0.1) is 18.0 Å². The Labute approximate surface area is 173 Å². The van der Waals surface area contributed by atoms with Gasteiger partial charge in [0.2, 0.25) is 10.8 Å². The van der Waals surface area contributed by atoms with Crippen LogP contribution in [0.5, 0.6) is 11.6 Å². The van der Waals surface area contributed by atoms with Crippen LogP contribution < -0.4 is 4.74 Å². The molecule has 0 saturated heterocycles. The van der Waals surface area contributed by atoms with Crippen LogP contribution in [0, 0.1) is 6.92 Å². The maximum Gasteiger partial charge on any atom is 0.230 e. The standard InChI is InChI=1S/C22H22N4O2S/c1-14-23-22-26(24-14)21(27)20(29-22)19(16-8-5-9-18(12-16)28-2)25-11-10-15-6-3-4-7-17(15)13-25/h3-9,12,19,27H,10-11,13H2,1-2H3/t19-/m0/s1. The number of aryl methyl sites for hydroxylation is 1. The molecular weight excluding hydrogens is 384 g/mol. The summed E-state index contributed by atoms with van der Waals surface area (Å²) in [6.07, 6.45) is 0.983. The van der Waals surface area contributed by atoms with Gasteiger partial charge in [-0.3, -0.25) is 4.90 Å². The molecule has 0 radical (unpaired) electrons. The summed E-state index contributed by atoms with van der Waals surface area (Å²) >= 11 is 1.49. The van der Waals surface area contributed by atoms with Gasteiger partial charge in [-0.1, -0.05) is 47.7 Å². The van der Waals surface area contributed by atoms with Crippen LogP contribution in [0.4, 0.5) is 0 Å². The molecule has 1 aliphatic heterocycles. The number of ether oxygens (including phenoxy) is 1. The fourth-order valence-electron chi connectivity index (χ4n) is 4.10. The minimum Gasteiger partial charge on any atom is -0.497 e. The van der Waals surface area contributed by atoms with Crippen LogP contribution >= 0.6 is 11.3 Å². The quantitative estimate of drug-likeness (QED) is 0.556. The van der Waals surface area contributed by atoms with E-state index in [1.54, 1.807) is 11.6 Å². The van der Waals surface area contributed by atoms with Crippen molar-refractivity contribution in [3.63, 3.8) is 0 Å². The van der Waals surface area contributed by atoms with E-state index >= 15 is 0 Å². The highest BCUT2D eigenvalue weighted by Crippen LogP contribution is 2.42. The predicted octanol–water partition coefficient (Wildman–Crippen LogP) is 3.96. The molecule has 1 N–H and O–H groups in total. The maximum absolute atomic E-state index is 11.0. The molecule has 2 aromatic carbocycles. The third kappa shape index (κ3) is 3.16. The number of aromatic hydroxyl groups is 1. The second-order valence-corrected chi connectivity index (χ2v) is 8.32. The Morgan fingerprint density at radius 1 is 1.14 bits per heavy atom. The first-order valence-corrected chi connectivity index (χ1v) is 10.5.